The molecule has 0 unspecified atom stereocenters. The molecule has 0 N–H and O–H groups in total. The number of carbonyl (C=O) groups excluding carboxylic acids is 2. The molecule has 0 aliphatic carbocycles. The average Bonchev–Trinajstić information content (AvgIpc) is 3.02. The Bertz CT molecular complexity index is 749. The second kappa shape index (κ2) is 8.96. The molecule has 2 rings (SSSR count). The lowest BCUT2D eigenvalue weighted by Gasteiger charge is -2.33. The molecule has 0 bridgehead atoms. The van der Waals surface area contributed by atoms with Crippen LogP contribution in [0, 0.1) is 0 Å². The number of piperazine rings is 1. The van der Waals surface area contributed by atoms with Crippen LogP contribution in [0.3, 0.4) is 0 Å². The van der Waals surface area contributed by atoms with E-state index < -0.39 is 16.0 Å². The summed E-state index contributed by atoms with van der Waals surface area (Å²) in [6.07, 6.45) is 3.97. The van der Waals surface area contributed by atoms with Gasteiger partial charge >= 0.3 is 5.97 Å². The summed E-state index contributed by atoms with van der Waals surface area (Å²) in [5.74, 6) is -0.775. The molecule has 0 saturated carbocycles. The van der Waals surface area contributed by atoms with Crippen molar-refractivity contribution in [3.8, 4) is 0 Å². The Kier molecular flexibility index (Phi) is 7.19. The molecule has 1 saturated heterocycles. The van der Waals surface area contributed by atoms with Crippen LogP contribution in [0.2, 0.25) is 0 Å². The van der Waals surface area contributed by atoms with Crippen molar-refractivity contribution >= 4 is 33.2 Å². The van der Waals surface area contributed by atoms with Gasteiger partial charge in [-0.1, -0.05) is 20.3 Å². The van der Waals surface area contributed by atoms with Crippen molar-refractivity contribution in [2.24, 2.45) is 0 Å². The van der Waals surface area contributed by atoms with Gasteiger partial charge in [-0.2, -0.15) is 4.31 Å². The summed E-state index contributed by atoms with van der Waals surface area (Å²) >= 11 is 1.43. The second-order valence-corrected chi connectivity index (χ2v) is 9.40. The van der Waals surface area contributed by atoms with Crippen molar-refractivity contribution < 1.29 is 22.7 Å². The first-order valence-electron chi connectivity index (χ1n) is 8.77. The zero-order chi connectivity index (χ0) is 19.3. The van der Waals surface area contributed by atoms with Crippen LogP contribution in [0.15, 0.2) is 6.07 Å². The average molecular weight is 403 g/mol. The second-order valence-electron chi connectivity index (χ2n) is 6.28. The number of rotatable bonds is 7. The third kappa shape index (κ3) is 5.28. The lowest BCUT2D eigenvalue weighted by molar-refractivity contribution is -0.135. The van der Waals surface area contributed by atoms with Gasteiger partial charge < -0.3 is 9.64 Å². The molecule has 0 atom stereocenters. The molecule has 1 aromatic heterocycles. The Hall–Kier alpha value is -1.45. The van der Waals surface area contributed by atoms with Crippen LogP contribution in [0.25, 0.3) is 0 Å². The molecule has 146 valence electrons. The van der Waals surface area contributed by atoms with Gasteiger partial charge in [0.2, 0.25) is 10.0 Å². The number of esters is 1. The molecule has 9 heteroatoms. The smallest absolute Gasteiger partial charge is 0.348 e. The van der Waals surface area contributed by atoms with Gasteiger partial charge in [-0.15, -0.1) is 11.3 Å². The highest BCUT2D eigenvalue weighted by Gasteiger charge is 2.26. The molecule has 1 fully saturated rings. The third-order valence-electron chi connectivity index (χ3n) is 4.34. The van der Waals surface area contributed by atoms with Gasteiger partial charge in [0.25, 0.3) is 5.91 Å². The van der Waals surface area contributed by atoms with Crippen molar-refractivity contribution in [2.45, 2.75) is 33.1 Å². The van der Waals surface area contributed by atoms with Gasteiger partial charge in [-0.05, 0) is 24.5 Å². The van der Waals surface area contributed by atoms with Gasteiger partial charge in [0.15, 0.2) is 6.61 Å². The Morgan fingerprint density at radius 3 is 2.38 bits per heavy atom. The lowest BCUT2D eigenvalue weighted by atomic mass is 10.1. The van der Waals surface area contributed by atoms with Crippen molar-refractivity contribution in [3.05, 3.63) is 21.4 Å². The number of ether oxygens (including phenoxy) is 1. The van der Waals surface area contributed by atoms with E-state index in [1.807, 2.05) is 6.07 Å². The topological polar surface area (TPSA) is 84.0 Å². The Balaban J connectivity index is 1.87. The van der Waals surface area contributed by atoms with E-state index in [-0.39, 0.29) is 25.6 Å². The fraction of sp³-hybridized carbons (Fsp3) is 0.647. The lowest BCUT2D eigenvalue weighted by Crippen LogP contribution is -2.51. The van der Waals surface area contributed by atoms with Gasteiger partial charge in [-0.25, -0.2) is 13.2 Å². The maximum atomic E-state index is 12.2. The molecule has 1 aromatic rings. The molecule has 1 amide bonds. The zero-order valence-electron chi connectivity index (χ0n) is 15.5. The van der Waals surface area contributed by atoms with Crippen molar-refractivity contribution in [1.29, 1.82) is 0 Å². The zero-order valence-corrected chi connectivity index (χ0v) is 17.1. The summed E-state index contributed by atoms with van der Waals surface area (Å²) in [7, 11) is -3.23. The number of thiophene rings is 1. The number of aryl methyl sites for hydroxylation is 2. The quantitative estimate of drug-likeness (QED) is 0.646. The van der Waals surface area contributed by atoms with E-state index in [9.17, 15) is 18.0 Å². The minimum absolute atomic E-state index is 0.268. The standard InChI is InChI=1S/C17H26N2O5S2/c1-4-6-14-13(5-2)11-15(25-14)17(21)24-12-16(20)18-7-9-19(10-8-18)26(3,22)23/h11H,4-10,12H2,1-3H3. The van der Waals surface area contributed by atoms with Crippen molar-refractivity contribution in [3.63, 3.8) is 0 Å². The molecule has 0 spiro atoms. The third-order valence-corrected chi connectivity index (χ3v) is 6.86. The molecule has 0 aromatic carbocycles. The fourth-order valence-electron chi connectivity index (χ4n) is 2.86. The molecule has 2 heterocycles. The summed E-state index contributed by atoms with van der Waals surface area (Å²) in [5.41, 5.74) is 1.16. The molecule has 1 aliphatic rings. The van der Waals surface area contributed by atoms with Crippen LogP contribution in [0.5, 0.6) is 0 Å². The van der Waals surface area contributed by atoms with Gasteiger partial charge in [-0.3, -0.25) is 4.79 Å². The van der Waals surface area contributed by atoms with Gasteiger partial charge in [0.1, 0.15) is 4.88 Å². The van der Waals surface area contributed by atoms with E-state index in [0.717, 1.165) is 31.1 Å². The summed E-state index contributed by atoms with van der Waals surface area (Å²) in [6.45, 7) is 4.98. The predicted molar refractivity (Wildman–Crippen MR) is 101 cm³/mol. The Morgan fingerprint density at radius 1 is 1.19 bits per heavy atom. The molecule has 1 aliphatic heterocycles. The van der Waals surface area contributed by atoms with Crippen LogP contribution >= 0.6 is 11.3 Å². The van der Waals surface area contributed by atoms with Crippen LogP contribution < -0.4 is 0 Å². The van der Waals surface area contributed by atoms with Crippen LogP contribution in [0.1, 0.15) is 40.4 Å². The van der Waals surface area contributed by atoms with Crippen LogP contribution in [0.4, 0.5) is 0 Å². The minimum atomic E-state index is -3.23. The number of hydrogen-bond acceptors (Lipinski definition) is 6. The molecule has 26 heavy (non-hydrogen) atoms. The molecule has 7 nitrogen and oxygen atoms in total. The molecular formula is C17H26N2O5S2. The monoisotopic (exact) mass is 402 g/mol. The van der Waals surface area contributed by atoms with Crippen molar-refractivity contribution in [1.82, 2.24) is 9.21 Å². The van der Waals surface area contributed by atoms with Crippen LogP contribution in [-0.2, 0) is 32.4 Å². The number of nitrogens with zero attached hydrogens (tertiary/aromatic N) is 2. The van der Waals surface area contributed by atoms with E-state index >= 15 is 0 Å². The highest BCUT2D eigenvalue weighted by Crippen LogP contribution is 2.25. The van der Waals surface area contributed by atoms with E-state index in [1.165, 1.54) is 25.4 Å². The van der Waals surface area contributed by atoms with E-state index in [2.05, 4.69) is 13.8 Å². The highest BCUT2D eigenvalue weighted by molar-refractivity contribution is 7.88. The molecule has 0 radical (unpaired) electrons. The Morgan fingerprint density at radius 2 is 1.85 bits per heavy atom. The number of hydrogen-bond donors (Lipinski definition) is 0. The van der Waals surface area contributed by atoms with Gasteiger partial charge in [0, 0.05) is 31.1 Å². The number of carbonyl (C=O) groups is 2. The predicted octanol–water partition coefficient (Wildman–Crippen LogP) is 1.52. The first-order chi connectivity index (χ1) is 12.3. The van der Waals surface area contributed by atoms with E-state index in [0.29, 0.717) is 18.0 Å². The largest absolute Gasteiger partial charge is 0.451 e. The van der Waals surface area contributed by atoms with Crippen molar-refractivity contribution in [2.75, 3.05) is 39.0 Å². The minimum Gasteiger partial charge on any atom is -0.451 e. The summed E-state index contributed by atoms with van der Waals surface area (Å²) in [5, 5.41) is 0. The maximum absolute atomic E-state index is 12.2. The normalized spacial score (nSPS) is 15.9. The summed E-state index contributed by atoms with van der Waals surface area (Å²) < 4.78 is 29.5. The first kappa shape index (κ1) is 20.9. The number of sulfonamides is 1. The van der Waals surface area contributed by atoms with Gasteiger partial charge in [0.05, 0.1) is 6.26 Å². The van der Waals surface area contributed by atoms with E-state index in [1.54, 1.807) is 0 Å². The summed E-state index contributed by atoms with van der Waals surface area (Å²) in [6, 6.07) is 1.85. The maximum Gasteiger partial charge on any atom is 0.348 e. The Labute approximate surface area is 159 Å². The first-order valence-corrected chi connectivity index (χ1v) is 11.4. The SMILES string of the molecule is CCCc1sc(C(=O)OCC(=O)N2CCN(S(C)(=O)=O)CC2)cc1CC. The summed E-state index contributed by atoms with van der Waals surface area (Å²) in [4.78, 5) is 27.7. The number of amides is 1. The fourth-order valence-corrected chi connectivity index (χ4v) is 4.94. The highest BCUT2D eigenvalue weighted by atomic mass is 32.2. The van der Waals surface area contributed by atoms with Crippen LogP contribution in [-0.4, -0.2) is 68.5 Å². The molecular weight excluding hydrogens is 376 g/mol. The van der Waals surface area contributed by atoms with E-state index in [4.69, 9.17) is 4.74 Å².